The van der Waals surface area contributed by atoms with Crippen LogP contribution in [0.4, 0.5) is 5.69 Å². The van der Waals surface area contributed by atoms with E-state index in [1.807, 2.05) is 39.0 Å². The van der Waals surface area contributed by atoms with Gasteiger partial charge in [0, 0.05) is 28.8 Å². The van der Waals surface area contributed by atoms with Crippen LogP contribution in [0, 0.1) is 0 Å². The number of rotatable bonds is 7. The Labute approximate surface area is 183 Å². The molecule has 0 aliphatic rings. The second-order valence-electron chi connectivity index (χ2n) is 8.34. The van der Waals surface area contributed by atoms with Crippen LogP contribution in [-0.2, 0) is 6.42 Å². The van der Waals surface area contributed by atoms with E-state index in [0.29, 0.717) is 23.4 Å². The lowest BCUT2D eigenvalue weighted by Gasteiger charge is -2.20. The first-order chi connectivity index (χ1) is 14.8. The van der Waals surface area contributed by atoms with Crippen molar-refractivity contribution < 1.29 is 14.3 Å². The quantitative estimate of drug-likeness (QED) is 0.564. The number of carbonyl (C=O) groups excluding carboxylic acids is 2. The smallest absolute Gasteiger partial charge is 0.255 e. The van der Waals surface area contributed by atoms with Crippen LogP contribution in [0.15, 0.2) is 78.9 Å². The topological polar surface area (TPSA) is 67.4 Å². The lowest BCUT2D eigenvalue weighted by atomic mass is 10.1. The van der Waals surface area contributed by atoms with Gasteiger partial charge in [-0.1, -0.05) is 30.3 Å². The van der Waals surface area contributed by atoms with Crippen LogP contribution in [-0.4, -0.2) is 24.0 Å². The number of hydrogen-bond acceptors (Lipinski definition) is 3. The van der Waals surface area contributed by atoms with Crippen LogP contribution in [0.2, 0.25) is 0 Å². The van der Waals surface area contributed by atoms with E-state index in [0.717, 1.165) is 12.2 Å². The first kappa shape index (κ1) is 22.1. The molecule has 5 heteroatoms. The SMILES string of the molecule is CC(C)(C)NC(=O)c1ccc(NC(=O)c2ccc(OCCc3ccccc3)cc2)cc1. The van der Waals surface area contributed by atoms with Crippen molar-refractivity contribution in [3.05, 3.63) is 95.6 Å². The molecule has 0 aromatic heterocycles. The molecule has 3 aromatic rings. The number of hydrogen-bond donors (Lipinski definition) is 2. The van der Waals surface area contributed by atoms with Crippen LogP contribution in [0.3, 0.4) is 0 Å². The largest absolute Gasteiger partial charge is 0.493 e. The predicted octanol–water partition coefficient (Wildman–Crippen LogP) is 5.09. The molecular formula is C26H28N2O3. The van der Waals surface area contributed by atoms with Crippen molar-refractivity contribution in [2.75, 3.05) is 11.9 Å². The van der Waals surface area contributed by atoms with Gasteiger partial charge in [-0.15, -0.1) is 0 Å². The molecule has 0 atom stereocenters. The van der Waals surface area contributed by atoms with E-state index < -0.39 is 0 Å². The van der Waals surface area contributed by atoms with E-state index >= 15 is 0 Å². The third-order valence-electron chi connectivity index (χ3n) is 4.51. The average molecular weight is 417 g/mol. The van der Waals surface area contributed by atoms with E-state index in [4.69, 9.17) is 4.74 Å². The highest BCUT2D eigenvalue weighted by Crippen LogP contribution is 2.16. The standard InChI is InChI=1S/C26H28N2O3/c1-26(2,3)28-25(30)21-9-13-22(14-10-21)27-24(29)20-11-15-23(16-12-20)31-18-17-19-7-5-4-6-8-19/h4-16H,17-18H2,1-3H3,(H,27,29)(H,28,30). The normalized spacial score (nSPS) is 10.9. The van der Waals surface area contributed by atoms with Gasteiger partial charge in [0.15, 0.2) is 0 Å². The third kappa shape index (κ3) is 7.00. The second kappa shape index (κ2) is 9.94. The van der Waals surface area contributed by atoms with Gasteiger partial charge in [-0.3, -0.25) is 9.59 Å². The Morgan fingerprint density at radius 1 is 0.774 bits per heavy atom. The molecule has 2 amide bonds. The van der Waals surface area contributed by atoms with E-state index in [2.05, 4.69) is 22.8 Å². The first-order valence-corrected chi connectivity index (χ1v) is 10.3. The van der Waals surface area contributed by atoms with Gasteiger partial charge in [0.05, 0.1) is 6.61 Å². The predicted molar refractivity (Wildman–Crippen MR) is 124 cm³/mol. The molecule has 0 saturated carbocycles. The first-order valence-electron chi connectivity index (χ1n) is 10.3. The van der Waals surface area contributed by atoms with Gasteiger partial charge in [0.25, 0.3) is 11.8 Å². The fourth-order valence-electron chi connectivity index (χ4n) is 2.95. The van der Waals surface area contributed by atoms with Crippen LogP contribution >= 0.6 is 0 Å². The van der Waals surface area contributed by atoms with Crippen molar-refractivity contribution in [3.8, 4) is 5.75 Å². The molecule has 3 rings (SSSR count). The monoisotopic (exact) mass is 416 g/mol. The fourth-order valence-corrected chi connectivity index (χ4v) is 2.95. The lowest BCUT2D eigenvalue weighted by Crippen LogP contribution is -2.40. The van der Waals surface area contributed by atoms with Gasteiger partial charge < -0.3 is 15.4 Å². The number of ether oxygens (including phenoxy) is 1. The van der Waals surface area contributed by atoms with Crippen LogP contribution in [0.5, 0.6) is 5.75 Å². The van der Waals surface area contributed by atoms with E-state index in [-0.39, 0.29) is 17.4 Å². The van der Waals surface area contributed by atoms with Gasteiger partial charge in [-0.05, 0) is 74.9 Å². The molecule has 0 unspecified atom stereocenters. The van der Waals surface area contributed by atoms with Crippen LogP contribution in [0.1, 0.15) is 47.1 Å². The summed E-state index contributed by atoms with van der Waals surface area (Å²) >= 11 is 0. The van der Waals surface area contributed by atoms with E-state index in [1.165, 1.54) is 5.56 Å². The zero-order valence-electron chi connectivity index (χ0n) is 18.1. The van der Waals surface area contributed by atoms with Gasteiger partial charge in [0.1, 0.15) is 5.75 Å². The van der Waals surface area contributed by atoms with Crippen molar-refractivity contribution in [2.45, 2.75) is 32.7 Å². The Morgan fingerprint density at radius 3 is 1.97 bits per heavy atom. The lowest BCUT2D eigenvalue weighted by molar-refractivity contribution is 0.0919. The Morgan fingerprint density at radius 2 is 1.35 bits per heavy atom. The zero-order chi connectivity index (χ0) is 22.3. The molecule has 160 valence electrons. The summed E-state index contributed by atoms with van der Waals surface area (Å²) in [5.74, 6) is 0.359. The molecule has 3 aromatic carbocycles. The molecule has 0 saturated heterocycles. The molecule has 0 radical (unpaired) electrons. The molecule has 0 heterocycles. The second-order valence-corrected chi connectivity index (χ2v) is 8.34. The zero-order valence-corrected chi connectivity index (χ0v) is 18.1. The van der Waals surface area contributed by atoms with E-state index in [1.54, 1.807) is 48.5 Å². The maximum atomic E-state index is 12.5. The summed E-state index contributed by atoms with van der Waals surface area (Å²) in [6.07, 6.45) is 0.826. The minimum Gasteiger partial charge on any atom is -0.493 e. The maximum absolute atomic E-state index is 12.5. The van der Waals surface area contributed by atoms with Crippen LogP contribution < -0.4 is 15.4 Å². The Hall–Kier alpha value is -3.60. The summed E-state index contributed by atoms with van der Waals surface area (Å²) in [5.41, 5.74) is 2.62. The molecule has 0 bridgehead atoms. The minimum absolute atomic E-state index is 0.145. The Kier molecular flexibility index (Phi) is 7.08. The average Bonchev–Trinajstić information content (AvgIpc) is 2.74. The fraction of sp³-hybridized carbons (Fsp3) is 0.231. The van der Waals surface area contributed by atoms with Gasteiger partial charge >= 0.3 is 0 Å². The third-order valence-corrected chi connectivity index (χ3v) is 4.51. The summed E-state index contributed by atoms with van der Waals surface area (Å²) in [4.78, 5) is 24.7. The van der Waals surface area contributed by atoms with Gasteiger partial charge in [0.2, 0.25) is 0 Å². The van der Waals surface area contributed by atoms with E-state index in [9.17, 15) is 9.59 Å². The van der Waals surface area contributed by atoms with Crippen molar-refractivity contribution >= 4 is 17.5 Å². The minimum atomic E-state index is -0.304. The molecule has 2 N–H and O–H groups in total. The van der Waals surface area contributed by atoms with Crippen molar-refractivity contribution in [3.63, 3.8) is 0 Å². The molecule has 0 aliphatic carbocycles. The Balaban J connectivity index is 1.51. The number of benzene rings is 3. The molecule has 0 fully saturated rings. The summed E-state index contributed by atoms with van der Waals surface area (Å²) in [6.45, 7) is 6.36. The highest BCUT2D eigenvalue weighted by atomic mass is 16.5. The molecule has 0 aliphatic heterocycles. The van der Waals surface area contributed by atoms with Gasteiger partial charge in [-0.25, -0.2) is 0 Å². The summed E-state index contributed by atoms with van der Waals surface area (Å²) in [6, 6.07) is 24.0. The molecule has 5 nitrogen and oxygen atoms in total. The summed E-state index contributed by atoms with van der Waals surface area (Å²) in [7, 11) is 0. The number of amides is 2. The van der Waals surface area contributed by atoms with Crippen LogP contribution in [0.25, 0.3) is 0 Å². The number of carbonyl (C=O) groups is 2. The maximum Gasteiger partial charge on any atom is 0.255 e. The summed E-state index contributed by atoms with van der Waals surface area (Å²) < 4.78 is 5.76. The van der Waals surface area contributed by atoms with Gasteiger partial charge in [-0.2, -0.15) is 0 Å². The Bertz CT molecular complexity index is 1010. The molecular weight excluding hydrogens is 388 g/mol. The van der Waals surface area contributed by atoms with Crippen molar-refractivity contribution in [2.24, 2.45) is 0 Å². The number of nitrogens with one attached hydrogen (secondary N) is 2. The summed E-state index contributed by atoms with van der Waals surface area (Å²) in [5, 5.41) is 5.76. The van der Waals surface area contributed by atoms with Crippen molar-refractivity contribution in [1.82, 2.24) is 5.32 Å². The van der Waals surface area contributed by atoms with Crippen molar-refractivity contribution in [1.29, 1.82) is 0 Å². The number of anilines is 1. The highest BCUT2D eigenvalue weighted by Gasteiger charge is 2.15. The molecule has 0 spiro atoms. The molecule has 31 heavy (non-hydrogen) atoms. The highest BCUT2D eigenvalue weighted by molar-refractivity contribution is 6.04.